The fraction of sp³-hybridized carbons (Fsp3) is 0.778. The van der Waals surface area contributed by atoms with Crippen molar-refractivity contribution in [1.29, 1.82) is 0 Å². The SMILES string of the molecule is O=C(c1noc2c1CCCC2)N1CCCC[C@H]2CCCC[C@@H]21. The Morgan fingerprint density at radius 1 is 1.00 bits per heavy atom. The average molecular weight is 302 g/mol. The van der Waals surface area contributed by atoms with E-state index < -0.39 is 0 Å². The molecule has 0 bridgehead atoms. The number of nitrogens with zero attached hydrogens (tertiary/aromatic N) is 2. The van der Waals surface area contributed by atoms with Gasteiger partial charge < -0.3 is 9.42 Å². The molecule has 22 heavy (non-hydrogen) atoms. The topological polar surface area (TPSA) is 46.3 Å². The van der Waals surface area contributed by atoms with E-state index in [0.29, 0.717) is 17.7 Å². The van der Waals surface area contributed by atoms with Crippen LogP contribution in [0.3, 0.4) is 0 Å². The van der Waals surface area contributed by atoms with Crippen molar-refractivity contribution in [2.45, 2.75) is 76.7 Å². The normalized spacial score (nSPS) is 28.6. The van der Waals surface area contributed by atoms with Gasteiger partial charge in [0.25, 0.3) is 5.91 Å². The summed E-state index contributed by atoms with van der Waals surface area (Å²) in [6, 6.07) is 0.444. The second-order valence-corrected chi connectivity index (χ2v) is 7.25. The molecule has 2 heterocycles. The molecule has 0 radical (unpaired) electrons. The Bertz CT molecular complexity index is 551. The summed E-state index contributed by atoms with van der Waals surface area (Å²) in [5.74, 6) is 1.82. The molecular formula is C18H26N2O2. The Hall–Kier alpha value is -1.32. The van der Waals surface area contributed by atoms with E-state index in [1.165, 1.54) is 38.5 Å². The third-order valence-electron chi connectivity index (χ3n) is 5.91. The number of aromatic nitrogens is 1. The maximum absolute atomic E-state index is 13.1. The summed E-state index contributed by atoms with van der Waals surface area (Å²) >= 11 is 0. The Kier molecular flexibility index (Phi) is 3.93. The van der Waals surface area contributed by atoms with Gasteiger partial charge in [-0.2, -0.15) is 0 Å². The number of hydrogen-bond acceptors (Lipinski definition) is 3. The fourth-order valence-electron chi connectivity index (χ4n) is 4.73. The lowest BCUT2D eigenvalue weighted by atomic mass is 9.81. The molecule has 4 heteroatoms. The highest BCUT2D eigenvalue weighted by Crippen LogP contribution is 2.36. The van der Waals surface area contributed by atoms with E-state index in [0.717, 1.165) is 50.0 Å². The van der Waals surface area contributed by atoms with Crippen LogP contribution >= 0.6 is 0 Å². The molecule has 1 aromatic rings. The maximum Gasteiger partial charge on any atom is 0.276 e. The monoisotopic (exact) mass is 302 g/mol. The van der Waals surface area contributed by atoms with Crippen molar-refractivity contribution < 1.29 is 9.32 Å². The lowest BCUT2D eigenvalue weighted by Gasteiger charge is -2.38. The highest BCUT2D eigenvalue weighted by Gasteiger charge is 2.37. The molecule has 0 spiro atoms. The van der Waals surface area contributed by atoms with Gasteiger partial charge in [-0.1, -0.05) is 24.4 Å². The van der Waals surface area contributed by atoms with Crippen LogP contribution in [0.2, 0.25) is 0 Å². The number of carbonyl (C=O) groups excluding carboxylic acids is 1. The Labute approximate surface area is 132 Å². The van der Waals surface area contributed by atoms with Crippen LogP contribution in [0.1, 0.15) is 79.6 Å². The van der Waals surface area contributed by atoms with E-state index >= 15 is 0 Å². The van der Waals surface area contributed by atoms with Crippen LogP contribution in [-0.2, 0) is 12.8 Å². The zero-order valence-corrected chi connectivity index (χ0v) is 13.4. The first kappa shape index (κ1) is 14.3. The van der Waals surface area contributed by atoms with Gasteiger partial charge in [0.1, 0.15) is 5.76 Å². The van der Waals surface area contributed by atoms with Gasteiger partial charge in [0, 0.05) is 24.6 Å². The minimum absolute atomic E-state index is 0.144. The van der Waals surface area contributed by atoms with Crippen molar-refractivity contribution in [3.05, 3.63) is 17.0 Å². The molecule has 1 saturated carbocycles. The van der Waals surface area contributed by atoms with Crippen LogP contribution in [0.4, 0.5) is 0 Å². The molecule has 1 aromatic heterocycles. The van der Waals surface area contributed by atoms with E-state index in [1.54, 1.807) is 0 Å². The van der Waals surface area contributed by atoms with Crippen LogP contribution in [0.5, 0.6) is 0 Å². The summed E-state index contributed by atoms with van der Waals surface area (Å²) in [5.41, 5.74) is 1.73. The minimum atomic E-state index is 0.144. The zero-order valence-electron chi connectivity index (χ0n) is 13.4. The lowest BCUT2D eigenvalue weighted by molar-refractivity contribution is 0.0558. The molecule has 4 nitrogen and oxygen atoms in total. The van der Waals surface area contributed by atoms with E-state index in [1.807, 2.05) is 0 Å². The minimum Gasteiger partial charge on any atom is -0.360 e. The number of amides is 1. The van der Waals surface area contributed by atoms with E-state index in [9.17, 15) is 4.79 Å². The van der Waals surface area contributed by atoms with Crippen LogP contribution < -0.4 is 0 Å². The zero-order chi connectivity index (χ0) is 14.9. The second-order valence-electron chi connectivity index (χ2n) is 7.25. The van der Waals surface area contributed by atoms with Gasteiger partial charge in [-0.05, 0) is 50.9 Å². The van der Waals surface area contributed by atoms with E-state index in [-0.39, 0.29) is 5.91 Å². The summed E-state index contributed by atoms with van der Waals surface area (Å²) in [6.07, 6.45) is 13.0. The Morgan fingerprint density at radius 3 is 2.68 bits per heavy atom. The van der Waals surface area contributed by atoms with Gasteiger partial charge in [0.05, 0.1) is 0 Å². The molecular weight excluding hydrogens is 276 g/mol. The quantitative estimate of drug-likeness (QED) is 0.794. The van der Waals surface area contributed by atoms with Gasteiger partial charge in [0.2, 0.25) is 0 Å². The van der Waals surface area contributed by atoms with Crippen molar-refractivity contribution in [2.24, 2.45) is 5.92 Å². The van der Waals surface area contributed by atoms with E-state index in [4.69, 9.17) is 4.52 Å². The highest BCUT2D eigenvalue weighted by molar-refractivity contribution is 5.94. The first-order valence-corrected chi connectivity index (χ1v) is 9.13. The largest absolute Gasteiger partial charge is 0.360 e. The molecule has 2 aliphatic carbocycles. The predicted octanol–water partition coefficient (Wildman–Crippen LogP) is 3.74. The second kappa shape index (κ2) is 6.05. The molecule has 2 fully saturated rings. The molecule has 0 N–H and O–H groups in total. The first-order valence-electron chi connectivity index (χ1n) is 9.13. The summed E-state index contributed by atoms with van der Waals surface area (Å²) in [7, 11) is 0. The standard InChI is InChI=1S/C18H26N2O2/c21-18(17-14-9-2-4-11-16(14)22-19-17)20-12-6-5-8-13-7-1-3-10-15(13)20/h13,15H,1-12H2/t13-,15+/m1/s1. The van der Waals surface area contributed by atoms with E-state index in [2.05, 4.69) is 10.1 Å². The van der Waals surface area contributed by atoms with Gasteiger partial charge in [0.15, 0.2) is 5.69 Å². The number of hydrogen-bond donors (Lipinski definition) is 0. The summed E-state index contributed by atoms with van der Waals surface area (Å²) < 4.78 is 5.47. The van der Waals surface area contributed by atoms with Gasteiger partial charge in [-0.15, -0.1) is 0 Å². The summed E-state index contributed by atoms with van der Waals surface area (Å²) in [6.45, 7) is 0.904. The van der Waals surface area contributed by atoms with Crippen molar-refractivity contribution >= 4 is 5.91 Å². The van der Waals surface area contributed by atoms with Crippen LogP contribution in [0, 0.1) is 5.92 Å². The molecule has 0 unspecified atom stereocenters. The van der Waals surface area contributed by atoms with Gasteiger partial charge in [-0.3, -0.25) is 4.79 Å². The third-order valence-corrected chi connectivity index (χ3v) is 5.91. The molecule has 0 aromatic carbocycles. The lowest BCUT2D eigenvalue weighted by Crippen LogP contribution is -2.45. The molecule has 3 aliphatic rings. The number of likely N-dealkylation sites (tertiary alicyclic amines) is 1. The molecule has 1 amide bonds. The third kappa shape index (κ3) is 2.46. The molecule has 120 valence electrons. The highest BCUT2D eigenvalue weighted by atomic mass is 16.5. The van der Waals surface area contributed by atoms with Crippen molar-refractivity contribution in [3.8, 4) is 0 Å². The maximum atomic E-state index is 13.1. The first-order chi connectivity index (χ1) is 10.8. The van der Waals surface area contributed by atoms with Crippen molar-refractivity contribution in [3.63, 3.8) is 0 Å². The van der Waals surface area contributed by atoms with Crippen molar-refractivity contribution in [1.82, 2.24) is 10.1 Å². The average Bonchev–Trinajstić information content (AvgIpc) is 2.87. The molecule has 1 aliphatic heterocycles. The van der Waals surface area contributed by atoms with Gasteiger partial charge in [-0.25, -0.2) is 0 Å². The number of carbonyl (C=O) groups is 1. The summed E-state index contributed by atoms with van der Waals surface area (Å²) in [5, 5.41) is 4.17. The fourth-order valence-corrected chi connectivity index (χ4v) is 4.73. The Morgan fingerprint density at radius 2 is 1.77 bits per heavy atom. The van der Waals surface area contributed by atoms with Crippen LogP contribution in [0.15, 0.2) is 4.52 Å². The van der Waals surface area contributed by atoms with Gasteiger partial charge >= 0.3 is 0 Å². The number of aryl methyl sites for hydroxylation is 1. The van der Waals surface area contributed by atoms with Crippen LogP contribution in [-0.4, -0.2) is 28.6 Å². The molecule has 1 saturated heterocycles. The Balaban J connectivity index is 1.61. The summed E-state index contributed by atoms with van der Waals surface area (Å²) in [4.78, 5) is 15.3. The van der Waals surface area contributed by atoms with Crippen LogP contribution in [0.25, 0.3) is 0 Å². The molecule has 4 rings (SSSR count). The number of fused-ring (bicyclic) bond motifs is 2. The smallest absolute Gasteiger partial charge is 0.276 e. The predicted molar refractivity (Wildman–Crippen MR) is 83.8 cm³/mol. The van der Waals surface area contributed by atoms with Crippen molar-refractivity contribution in [2.75, 3.05) is 6.54 Å². The number of rotatable bonds is 1. The molecule has 2 atom stereocenters.